The largest absolute Gasteiger partial charge is 0.433 e. The number of alkyl halides is 2. The van der Waals surface area contributed by atoms with Crippen molar-refractivity contribution in [2.24, 2.45) is 0 Å². The molecule has 2 rings (SSSR count). The summed E-state index contributed by atoms with van der Waals surface area (Å²) in [5.74, 6) is -0.0438. The highest BCUT2D eigenvalue weighted by atomic mass is 19.3. The van der Waals surface area contributed by atoms with Crippen molar-refractivity contribution in [3.05, 3.63) is 23.8 Å². The lowest BCUT2D eigenvalue weighted by Crippen LogP contribution is -2.49. The number of morpholine rings is 1. The van der Waals surface area contributed by atoms with Crippen LogP contribution in [0.25, 0.3) is 0 Å². The van der Waals surface area contributed by atoms with Crippen LogP contribution < -0.4 is 10.1 Å². The molecule has 1 aliphatic heterocycles. The van der Waals surface area contributed by atoms with Crippen LogP contribution in [-0.2, 0) is 4.74 Å². The maximum atomic E-state index is 12.5. The Balaban J connectivity index is 2.14. The molecule has 1 aromatic carbocycles. The van der Waals surface area contributed by atoms with E-state index in [1.807, 2.05) is 13.8 Å². The van der Waals surface area contributed by atoms with Gasteiger partial charge in [-0.05, 0) is 32.4 Å². The third-order valence-electron chi connectivity index (χ3n) is 3.39. The standard InChI is InChI=1S/C15H20F2N2O3/c1-9-5-4-6-12(22-14(16)17)13(9)18-15(20)19-7-10(2)21-11(3)8-19/h4-6,10-11,14H,7-8H2,1-3H3,(H,18,20). The van der Waals surface area contributed by atoms with Gasteiger partial charge in [0.2, 0.25) is 0 Å². The van der Waals surface area contributed by atoms with Gasteiger partial charge in [0.25, 0.3) is 0 Å². The molecular formula is C15H20F2N2O3. The second kappa shape index (κ2) is 6.91. The van der Waals surface area contributed by atoms with Gasteiger partial charge in [0.1, 0.15) is 5.75 Å². The summed E-state index contributed by atoms with van der Waals surface area (Å²) >= 11 is 0. The van der Waals surface area contributed by atoms with Crippen LogP contribution in [0.1, 0.15) is 19.4 Å². The van der Waals surface area contributed by atoms with Crippen molar-refractivity contribution in [2.45, 2.75) is 39.6 Å². The number of carbonyl (C=O) groups is 1. The van der Waals surface area contributed by atoms with Crippen LogP contribution in [0.15, 0.2) is 18.2 Å². The molecule has 2 unspecified atom stereocenters. The van der Waals surface area contributed by atoms with Crippen molar-refractivity contribution < 1.29 is 23.0 Å². The summed E-state index contributed by atoms with van der Waals surface area (Å²) in [7, 11) is 0. The quantitative estimate of drug-likeness (QED) is 0.932. The van der Waals surface area contributed by atoms with E-state index in [4.69, 9.17) is 4.74 Å². The van der Waals surface area contributed by atoms with Gasteiger partial charge in [-0.2, -0.15) is 8.78 Å². The fourth-order valence-electron chi connectivity index (χ4n) is 2.52. The molecule has 0 saturated carbocycles. The summed E-state index contributed by atoms with van der Waals surface area (Å²) in [4.78, 5) is 14.0. The van der Waals surface area contributed by atoms with Gasteiger partial charge in [-0.1, -0.05) is 12.1 Å². The highest BCUT2D eigenvalue weighted by Gasteiger charge is 2.26. The maximum Gasteiger partial charge on any atom is 0.387 e. The first-order valence-electron chi connectivity index (χ1n) is 7.12. The molecule has 122 valence electrons. The average Bonchev–Trinajstić information content (AvgIpc) is 2.40. The van der Waals surface area contributed by atoms with Crippen molar-refractivity contribution in [3.63, 3.8) is 0 Å². The van der Waals surface area contributed by atoms with Crippen molar-refractivity contribution in [2.75, 3.05) is 18.4 Å². The van der Waals surface area contributed by atoms with Crippen LogP contribution in [0.3, 0.4) is 0 Å². The number of amides is 2. The van der Waals surface area contributed by atoms with Crippen LogP contribution >= 0.6 is 0 Å². The maximum absolute atomic E-state index is 12.5. The van der Waals surface area contributed by atoms with Crippen LogP contribution in [0.5, 0.6) is 5.75 Å². The number of anilines is 1. The number of hydrogen-bond acceptors (Lipinski definition) is 3. The number of halogens is 2. The summed E-state index contributed by atoms with van der Waals surface area (Å²) in [5, 5.41) is 2.67. The Bertz CT molecular complexity index is 530. The van der Waals surface area contributed by atoms with E-state index in [1.165, 1.54) is 6.07 Å². The first-order chi connectivity index (χ1) is 10.4. The molecule has 2 atom stereocenters. The first kappa shape index (κ1) is 16.5. The van der Waals surface area contributed by atoms with E-state index in [0.717, 1.165) is 0 Å². The minimum atomic E-state index is -2.94. The van der Waals surface area contributed by atoms with Crippen LogP contribution in [-0.4, -0.2) is 42.8 Å². The Kier molecular flexibility index (Phi) is 5.18. The van der Waals surface area contributed by atoms with E-state index in [1.54, 1.807) is 24.0 Å². The Morgan fingerprint density at radius 3 is 2.59 bits per heavy atom. The summed E-state index contributed by atoms with van der Waals surface area (Å²) in [5.41, 5.74) is 0.917. The lowest BCUT2D eigenvalue weighted by Gasteiger charge is -2.35. The smallest absolute Gasteiger partial charge is 0.387 e. The fourth-order valence-corrected chi connectivity index (χ4v) is 2.52. The molecule has 1 heterocycles. The van der Waals surface area contributed by atoms with Crippen molar-refractivity contribution in [1.29, 1.82) is 0 Å². The molecule has 1 fully saturated rings. The molecule has 1 N–H and O–H groups in total. The molecule has 0 aromatic heterocycles. The van der Waals surface area contributed by atoms with E-state index in [2.05, 4.69) is 10.1 Å². The number of rotatable bonds is 3. The van der Waals surface area contributed by atoms with E-state index >= 15 is 0 Å². The Hall–Kier alpha value is -1.89. The van der Waals surface area contributed by atoms with E-state index in [9.17, 15) is 13.6 Å². The first-order valence-corrected chi connectivity index (χ1v) is 7.12. The molecule has 0 bridgehead atoms. The van der Waals surface area contributed by atoms with E-state index in [0.29, 0.717) is 18.7 Å². The number of nitrogens with one attached hydrogen (secondary N) is 1. The topological polar surface area (TPSA) is 50.8 Å². The minimum absolute atomic E-state index is 0.0438. The lowest BCUT2D eigenvalue weighted by atomic mass is 10.2. The molecule has 1 saturated heterocycles. The molecule has 0 spiro atoms. The van der Waals surface area contributed by atoms with E-state index < -0.39 is 6.61 Å². The van der Waals surface area contributed by atoms with Crippen LogP contribution in [0.2, 0.25) is 0 Å². The predicted molar refractivity (Wildman–Crippen MR) is 78.4 cm³/mol. The van der Waals surface area contributed by atoms with Gasteiger partial charge in [-0.25, -0.2) is 4.79 Å². The van der Waals surface area contributed by atoms with Gasteiger partial charge in [-0.15, -0.1) is 0 Å². The van der Waals surface area contributed by atoms with Crippen LogP contribution in [0.4, 0.5) is 19.3 Å². The second-order valence-electron chi connectivity index (χ2n) is 5.42. The Morgan fingerprint density at radius 2 is 2.00 bits per heavy atom. The lowest BCUT2D eigenvalue weighted by molar-refractivity contribution is -0.0531. The highest BCUT2D eigenvalue weighted by molar-refractivity contribution is 5.92. The zero-order valence-electron chi connectivity index (χ0n) is 12.8. The summed E-state index contributed by atoms with van der Waals surface area (Å²) in [6.07, 6.45) is -0.133. The zero-order chi connectivity index (χ0) is 16.3. The van der Waals surface area contributed by atoms with E-state index in [-0.39, 0.29) is 29.7 Å². The minimum Gasteiger partial charge on any atom is -0.433 e. The molecule has 22 heavy (non-hydrogen) atoms. The molecule has 0 radical (unpaired) electrons. The zero-order valence-corrected chi connectivity index (χ0v) is 12.8. The molecular weight excluding hydrogens is 294 g/mol. The van der Waals surface area contributed by atoms with Crippen molar-refractivity contribution in [1.82, 2.24) is 4.90 Å². The Morgan fingerprint density at radius 1 is 1.36 bits per heavy atom. The number of benzene rings is 1. The third kappa shape index (κ3) is 4.07. The van der Waals surface area contributed by atoms with Gasteiger partial charge in [-0.3, -0.25) is 0 Å². The van der Waals surface area contributed by atoms with Crippen molar-refractivity contribution >= 4 is 11.7 Å². The molecule has 5 nitrogen and oxygen atoms in total. The van der Waals surface area contributed by atoms with Gasteiger partial charge >= 0.3 is 12.6 Å². The number of nitrogens with zero attached hydrogens (tertiary/aromatic N) is 1. The number of urea groups is 1. The summed E-state index contributed by atoms with van der Waals surface area (Å²) in [6.45, 7) is 3.45. The van der Waals surface area contributed by atoms with Gasteiger partial charge in [0.05, 0.1) is 17.9 Å². The van der Waals surface area contributed by atoms with Crippen LogP contribution in [0, 0.1) is 6.92 Å². The molecule has 0 aliphatic carbocycles. The summed E-state index contributed by atoms with van der Waals surface area (Å²) < 4.78 is 35.0. The molecule has 1 aliphatic rings. The molecule has 2 amide bonds. The monoisotopic (exact) mass is 314 g/mol. The van der Waals surface area contributed by atoms with Gasteiger partial charge in [0.15, 0.2) is 0 Å². The van der Waals surface area contributed by atoms with Gasteiger partial charge in [0, 0.05) is 13.1 Å². The number of aryl methyl sites for hydroxylation is 1. The average molecular weight is 314 g/mol. The number of ether oxygens (including phenoxy) is 2. The normalized spacial score (nSPS) is 21.8. The molecule has 7 heteroatoms. The second-order valence-corrected chi connectivity index (χ2v) is 5.42. The highest BCUT2D eigenvalue weighted by Crippen LogP contribution is 2.30. The number of para-hydroxylation sites is 1. The number of hydrogen-bond donors (Lipinski definition) is 1. The summed E-state index contributed by atoms with van der Waals surface area (Å²) in [6, 6.07) is 4.37. The predicted octanol–water partition coefficient (Wildman–Crippen LogP) is 3.24. The van der Waals surface area contributed by atoms with Crippen molar-refractivity contribution in [3.8, 4) is 5.75 Å². The molecule has 1 aromatic rings. The number of carbonyl (C=O) groups excluding carboxylic acids is 1. The van der Waals surface area contributed by atoms with Gasteiger partial charge < -0.3 is 19.7 Å². The Labute approximate surface area is 128 Å². The third-order valence-corrected chi connectivity index (χ3v) is 3.39. The SMILES string of the molecule is Cc1cccc(OC(F)F)c1NC(=O)N1CC(C)OC(C)C1. The fraction of sp³-hybridized carbons (Fsp3) is 0.533.